The molecule has 6 nitrogen and oxygen atoms in total. The van der Waals surface area contributed by atoms with Gasteiger partial charge in [0.15, 0.2) is 0 Å². The van der Waals surface area contributed by atoms with E-state index in [1.807, 2.05) is 0 Å². The first kappa shape index (κ1) is 17.5. The molecule has 126 valence electrons. The average Bonchev–Trinajstić information content (AvgIpc) is 2.60. The van der Waals surface area contributed by atoms with Crippen molar-refractivity contribution in [2.45, 2.75) is 19.8 Å². The molecule has 0 saturated heterocycles. The molecule has 0 radical (unpaired) electrons. The van der Waals surface area contributed by atoms with Crippen LogP contribution in [0.3, 0.4) is 0 Å². The standard InChI is InChI=1S/C18H19NO5/c1-10-14(17(21)23-3)16(13-7-5-12(9-20)6-8-13)15(11(2)19-10)18(22)24-4/h5-9,16,19H,1-4H3. The van der Waals surface area contributed by atoms with Gasteiger partial charge in [-0.2, -0.15) is 0 Å². The number of benzene rings is 1. The summed E-state index contributed by atoms with van der Waals surface area (Å²) >= 11 is 0. The van der Waals surface area contributed by atoms with Crippen molar-refractivity contribution in [1.29, 1.82) is 0 Å². The van der Waals surface area contributed by atoms with Crippen LogP contribution in [0.15, 0.2) is 46.8 Å². The molecule has 24 heavy (non-hydrogen) atoms. The summed E-state index contributed by atoms with van der Waals surface area (Å²) in [6.45, 7) is 3.49. The van der Waals surface area contributed by atoms with Gasteiger partial charge in [-0.1, -0.05) is 24.3 Å². The highest BCUT2D eigenvalue weighted by molar-refractivity contribution is 5.99. The molecule has 1 aromatic rings. The number of rotatable bonds is 4. The number of nitrogens with one attached hydrogen (secondary N) is 1. The normalized spacial score (nSPS) is 15.0. The number of hydrogen-bond acceptors (Lipinski definition) is 6. The number of aldehydes is 1. The van der Waals surface area contributed by atoms with E-state index in [0.29, 0.717) is 33.7 Å². The Morgan fingerprint density at radius 2 is 1.42 bits per heavy atom. The van der Waals surface area contributed by atoms with Gasteiger partial charge in [-0.25, -0.2) is 9.59 Å². The van der Waals surface area contributed by atoms with Gasteiger partial charge in [0.05, 0.1) is 31.3 Å². The Morgan fingerprint density at radius 3 is 1.79 bits per heavy atom. The molecule has 0 fully saturated rings. The molecule has 1 aliphatic rings. The second-order valence-electron chi connectivity index (χ2n) is 5.40. The third-order valence-corrected chi connectivity index (χ3v) is 3.98. The Labute approximate surface area is 140 Å². The van der Waals surface area contributed by atoms with Gasteiger partial charge in [-0.05, 0) is 19.4 Å². The quantitative estimate of drug-likeness (QED) is 0.673. The maximum absolute atomic E-state index is 12.3. The smallest absolute Gasteiger partial charge is 0.336 e. The Kier molecular flexibility index (Phi) is 5.18. The summed E-state index contributed by atoms with van der Waals surface area (Å²) in [6, 6.07) is 6.70. The molecule has 0 aliphatic carbocycles. The van der Waals surface area contributed by atoms with Gasteiger partial charge in [-0.15, -0.1) is 0 Å². The van der Waals surface area contributed by atoms with E-state index in [9.17, 15) is 14.4 Å². The number of allylic oxidation sites excluding steroid dienone is 2. The largest absolute Gasteiger partial charge is 0.466 e. The van der Waals surface area contributed by atoms with E-state index in [2.05, 4.69) is 5.32 Å². The third-order valence-electron chi connectivity index (χ3n) is 3.98. The lowest BCUT2D eigenvalue weighted by Crippen LogP contribution is -2.32. The number of carbonyl (C=O) groups excluding carboxylic acids is 3. The van der Waals surface area contributed by atoms with Gasteiger partial charge in [0.25, 0.3) is 0 Å². The molecule has 1 aromatic carbocycles. The Balaban J connectivity index is 2.66. The van der Waals surface area contributed by atoms with Crippen LogP contribution in [-0.2, 0) is 19.1 Å². The van der Waals surface area contributed by atoms with Crippen molar-refractivity contribution >= 4 is 18.2 Å². The number of hydrogen-bond donors (Lipinski definition) is 1. The minimum absolute atomic E-state index is 0.336. The predicted molar refractivity (Wildman–Crippen MR) is 87.1 cm³/mol. The molecule has 0 saturated carbocycles. The molecule has 2 rings (SSSR count). The van der Waals surface area contributed by atoms with Gasteiger partial charge < -0.3 is 14.8 Å². The second-order valence-corrected chi connectivity index (χ2v) is 5.40. The van der Waals surface area contributed by atoms with E-state index in [-0.39, 0.29) is 0 Å². The summed E-state index contributed by atoms with van der Waals surface area (Å²) in [7, 11) is 2.58. The fourth-order valence-electron chi connectivity index (χ4n) is 2.86. The zero-order valence-electron chi connectivity index (χ0n) is 14.0. The summed E-state index contributed by atoms with van der Waals surface area (Å²) in [4.78, 5) is 35.5. The fourth-order valence-corrected chi connectivity index (χ4v) is 2.86. The molecule has 1 aliphatic heterocycles. The van der Waals surface area contributed by atoms with Crippen LogP contribution in [0.5, 0.6) is 0 Å². The van der Waals surface area contributed by atoms with Crippen LogP contribution in [0.2, 0.25) is 0 Å². The summed E-state index contributed by atoms with van der Waals surface area (Å²) in [5, 5.41) is 3.03. The minimum atomic E-state index is -0.633. The number of carbonyl (C=O) groups is 3. The van der Waals surface area contributed by atoms with Crippen molar-refractivity contribution in [3.05, 3.63) is 57.9 Å². The van der Waals surface area contributed by atoms with Crippen LogP contribution in [0, 0.1) is 0 Å². The van der Waals surface area contributed by atoms with E-state index >= 15 is 0 Å². The average molecular weight is 329 g/mol. The topological polar surface area (TPSA) is 81.7 Å². The van der Waals surface area contributed by atoms with Crippen LogP contribution in [0.1, 0.15) is 35.7 Å². The summed E-state index contributed by atoms with van der Waals surface area (Å²) in [6.07, 6.45) is 0.733. The highest BCUT2D eigenvalue weighted by atomic mass is 16.5. The van der Waals surface area contributed by atoms with E-state index in [0.717, 1.165) is 6.29 Å². The first-order valence-electron chi connectivity index (χ1n) is 7.34. The Bertz CT molecular complexity index is 705. The van der Waals surface area contributed by atoms with Crippen molar-refractivity contribution in [1.82, 2.24) is 5.32 Å². The summed E-state index contributed by atoms with van der Waals surface area (Å²) in [5.74, 6) is -1.69. The molecular weight excluding hydrogens is 310 g/mol. The van der Waals surface area contributed by atoms with Gasteiger partial charge in [-0.3, -0.25) is 4.79 Å². The Morgan fingerprint density at radius 1 is 0.958 bits per heavy atom. The monoisotopic (exact) mass is 329 g/mol. The van der Waals surface area contributed by atoms with Gasteiger partial charge >= 0.3 is 11.9 Å². The van der Waals surface area contributed by atoms with Crippen molar-refractivity contribution in [3.63, 3.8) is 0 Å². The third kappa shape index (κ3) is 3.08. The van der Waals surface area contributed by atoms with Crippen molar-refractivity contribution < 1.29 is 23.9 Å². The maximum atomic E-state index is 12.3. The number of methoxy groups -OCH3 is 2. The lowest BCUT2D eigenvalue weighted by Gasteiger charge is -2.30. The van der Waals surface area contributed by atoms with E-state index in [1.165, 1.54) is 14.2 Å². The van der Waals surface area contributed by atoms with Crippen molar-refractivity contribution in [2.75, 3.05) is 14.2 Å². The van der Waals surface area contributed by atoms with Crippen LogP contribution in [0.25, 0.3) is 0 Å². The van der Waals surface area contributed by atoms with Gasteiger partial charge in [0, 0.05) is 17.0 Å². The van der Waals surface area contributed by atoms with Crippen LogP contribution < -0.4 is 5.32 Å². The summed E-state index contributed by atoms with van der Waals surface area (Å²) in [5.41, 5.74) is 3.09. The zero-order chi connectivity index (χ0) is 17.9. The molecule has 0 amide bonds. The first-order valence-corrected chi connectivity index (χ1v) is 7.34. The molecule has 6 heteroatoms. The van der Waals surface area contributed by atoms with E-state index in [4.69, 9.17) is 9.47 Å². The lowest BCUT2D eigenvalue weighted by molar-refractivity contribution is -0.137. The van der Waals surface area contributed by atoms with Crippen LogP contribution in [-0.4, -0.2) is 32.4 Å². The highest BCUT2D eigenvalue weighted by Gasteiger charge is 2.37. The number of ether oxygens (including phenoxy) is 2. The molecule has 0 spiro atoms. The number of dihydropyridines is 1. The maximum Gasteiger partial charge on any atom is 0.336 e. The summed E-state index contributed by atoms with van der Waals surface area (Å²) < 4.78 is 9.77. The molecule has 1 N–H and O–H groups in total. The van der Waals surface area contributed by atoms with Crippen LogP contribution in [0.4, 0.5) is 0 Å². The molecule has 0 unspecified atom stereocenters. The van der Waals surface area contributed by atoms with Crippen LogP contribution >= 0.6 is 0 Å². The van der Waals surface area contributed by atoms with Crippen molar-refractivity contribution in [2.24, 2.45) is 0 Å². The second kappa shape index (κ2) is 7.12. The molecule has 0 bridgehead atoms. The van der Waals surface area contributed by atoms with Crippen molar-refractivity contribution in [3.8, 4) is 0 Å². The van der Waals surface area contributed by atoms with Gasteiger partial charge in [0.2, 0.25) is 0 Å². The highest BCUT2D eigenvalue weighted by Crippen LogP contribution is 2.39. The first-order chi connectivity index (χ1) is 11.4. The molecule has 0 aromatic heterocycles. The van der Waals surface area contributed by atoms with Gasteiger partial charge in [0.1, 0.15) is 6.29 Å². The molecule has 0 atom stereocenters. The van der Waals surface area contributed by atoms with E-state index < -0.39 is 17.9 Å². The Hall–Kier alpha value is -2.89. The fraction of sp³-hybridized carbons (Fsp3) is 0.278. The minimum Gasteiger partial charge on any atom is -0.466 e. The molecular formula is C18H19NO5. The number of esters is 2. The SMILES string of the molecule is COC(=O)C1=C(C)NC(C)=C(C(=O)OC)C1c1ccc(C=O)cc1. The zero-order valence-corrected chi connectivity index (χ0v) is 14.0. The van der Waals surface area contributed by atoms with E-state index in [1.54, 1.807) is 38.1 Å². The predicted octanol–water partition coefficient (Wildman–Crippen LogP) is 2.08. The molecule has 1 heterocycles. The lowest BCUT2D eigenvalue weighted by atomic mass is 9.80.